The number of hydrogen-bond acceptors (Lipinski definition) is 5. The third kappa shape index (κ3) is 4.56. The molecule has 0 fully saturated rings. The molecule has 0 amide bonds. The van der Waals surface area contributed by atoms with Gasteiger partial charge in [0.1, 0.15) is 5.69 Å². The van der Waals surface area contributed by atoms with Gasteiger partial charge in [-0.05, 0) is 26.8 Å². The molecular formula is C18H27N3O2. The molecule has 1 aromatic carbocycles. The highest BCUT2D eigenvalue weighted by atomic mass is 16.5. The summed E-state index contributed by atoms with van der Waals surface area (Å²) in [6.07, 6.45) is 0.984. The monoisotopic (exact) mass is 317 g/mol. The van der Waals surface area contributed by atoms with E-state index in [1.54, 1.807) is 7.11 Å². The van der Waals surface area contributed by atoms with Gasteiger partial charge < -0.3 is 19.5 Å². The van der Waals surface area contributed by atoms with Gasteiger partial charge in [-0.2, -0.15) is 0 Å². The first-order chi connectivity index (χ1) is 11.1. The number of benzene rings is 1. The molecule has 0 unspecified atom stereocenters. The minimum Gasteiger partial charge on any atom is -0.385 e. The van der Waals surface area contributed by atoms with E-state index in [2.05, 4.69) is 41.4 Å². The minimum absolute atomic E-state index is 0.346. The van der Waals surface area contributed by atoms with Crippen LogP contribution in [0.25, 0.3) is 11.3 Å². The molecule has 2 rings (SSSR count). The Bertz CT molecular complexity index is 581. The second-order valence-corrected chi connectivity index (χ2v) is 5.91. The molecule has 5 heteroatoms. The first-order valence-corrected chi connectivity index (χ1v) is 8.11. The molecule has 0 bridgehead atoms. The van der Waals surface area contributed by atoms with E-state index < -0.39 is 0 Å². The van der Waals surface area contributed by atoms with Crippen LogP contribution in [0.3, 0.4) is 0 Å². The molecule has 1 heterocycles. The third-order valence-corrected chi connectivity index (χ3v) is 3.91. The van der Waals surface area contributed by atoms with Gasteiger partial charge in [-0.1, -0.05) is 35.5 Å². The van der Waals surface area contributed by atoms with Crippen molar-refractivity contribution in [3.8, 4) is 11.3 Å². The lowest BCUT2D eigenvalue weighted by molar-refractivity contribution is 0.194. The van der Waals surface area contributed by atoms with Gasteiger partial charge in [0.2, 0.25) is 5.88 Å². The van der Waals surface area contributed by atoms with Crippen LogP contribution >= 0.6 is 0 Å². The van der Waals surface area contributed by atoms with Crippen LogP contribution in [-0.2, 0) is 11.3 Å². The Kier molecular flexibility index (Phi) is 6.62. The van der Waals surface area contributed by atoms with Crippen LogP contribution < -0.4 is 10.2 Å². The van der Waals surface area contributed by atoms with Crippen molar-refractivity contribution in [2.45, 2.75) is 32.9 Å². The van der Waals surface area contributed by atoms with Crippen LogP contribution in [0.1, 0.15) is 25.8 Å². The molecule has 0 atom stereocenters. The third-order valence-electron chi connectivity index (χ3n) is 3.91. The smallest absolute Gasteiger partial charge is 0.232 e. The van der Waals surface area contributed by atoms with Gasteiger partial charge in [-0.25, -0.2) is 0 Å². The van der Waals surface area contributed by atoms with Crippen LogP contribution in [-0.4, -0.2) is 38.5 Å². The second kappa shape index (κ2) is 8.70. The van der Waals surface area contributed by atoms with Crippen LogP contribution in [0.4, 0.5) is 5.88 Å². The summed E-state index contributed by atoms with van der Waals surface area (Å²) in [5, 5.41) is 7.78. The van der Waals surface area contributed by atoms with Crippen molar-refractivity contribution >= 4 is 5.88 Å². The average molecular weight is 317 g/mol. The maximum absolute atomic E-state index is 5.66. The summed E-state index contributed by atoms with van der Waals surface area (Å²) in [5.41, 5.74) is 3.09. The number of ether oxygens (including phenoxy) is 1. The standard InChI is InChI=1S/C18H27N3O2/c1-14(2)21(3)18-16(13-19-11-8-12-22-4)17(20-23-18)15-9-6-5-7-10-15/h5-7,9-10,14,19H,8,11-13H2,1-4H3. The number of hydrogen-bond donors (Lipinski definition) is 1. The van der Waals surface area contributed by atoms with Crippen LogP contribution in [0.2, 0.25) is 0 Å². The molecule has 1 aromatic heterocycles. The number of nitrogens with zero attached hydrogens (tertiary/aromatic N) is 2. The quantitative estimate of drug-likeness (QED) is 0.719. The van der Waals surface area contributed by atoms with Gasteiger partial charge in [-0.3, -0.25) is 0 Å². The summed E-state index contributed by atoms with van der Waals surface area (Å²) >= 11 is 0. The predicted molar refractivity (Wildman–Crippen MR) is 93.7 cm³/mol. The van der Waals surface area contributed by atoms with Crippen molar-refractivity contribution in [3.63, 3.8) is 0 Å². The van der Waals surface area contributed by atoms with E-state index >= 15 is 0 Å². The molecule has 0 aliphatic rings. The zero-order valence-electron chi connectivity index (χ0n) is 14.5. The highest BCUT2D eigenvalue weighted by Gasteiger charge is 2.21. The zero-order chi connectivity index (χ0) is 16.7. The molecule has 126 valence electrons. The second-order valence-electron chi connectivity index (χ2n) is 5.91. The first kappa shape index (κ1) is 17.5. The molecule has 1 N–H and O–H groups in total. The Hall–Kier alpha value is -1.85. The SMILES string of the molecule is COCCCNCc1c(-c2ccccc2)noc1N(C)C(C)C. The lowest BCUT2D eigenvalue weighted by atomic mass is 10.1. The summed E-state index contributed by atoms with van der Waals surface area (Å²) in [7, 11) is 3.76. The summed E-state index contributed by atoms with van der Waals surface area (Å²) in [6.45, 7) is 6.67. The zero-order valence-corrected chi connectivity index (χ0v) is 14.5. The van der Waals surface area contributed by atoms with Crippen molar-refractivity contribution in [2.75, 3.05) is 32.2 Å². The molecule has 0 saturated carbocycles. The van der Waals surface area contributed by atoms with E-state index in [4.69, 9.17) is 9.26 Å². The van der Waals surface area contributed by atoms with Crippen molar-refractivity contribution in [3.05, 3.63) is 35.9 Å². The van der Waals surface area contributed by atoms with E-state index in [1.165, 1.54) is 0 Å². The number of rotatable bonds is 9. The van der Waals surface area contributed by atoms with Crippen LogP contribution in [0.5, 0.6) is 0 Å². The molecular weight excluding hydrogens is 290 g/mol. The van der Waals surface area contributed by atoms with Gasteiger partial charge in [-0.15, -0.1) is 0 Å². The van der Waals surface area contributed by atoms with Crippen molar-refractivity contribution in [2.24, 2.45) is 0 Å². The summed E-state index contributed by atoms with van der Waals surface area (Å²) in [4.78, 5) is 2.12. The van der Waals surface area contributed by atoms with E-state index in [-0.39, 0.29) is 0 Å². The molecule has 23 heavy (non-hydrogen) atoms. The summed E-state index contributed by atoms with van der Waals surface area (Å²) in [6, 6.07) is 10.5. The molecule has 0 aliphatic heterocycles. The Balaban J connectivity index is 2.21. The van der Waals surface area contributed by atoms with Crippen LogP contribution in [0, 0.1) is 0 Å². The minimum atomic E-state index is 0.346. The Morgan fingerprint density at radius 2 is 2.00 bits per heavy atom. The molecule has 5 nitrogen and oxygen atoms in total. The highest BCUT2D eigenvalue weighted by molar-refractivity contribution is 5.68. The first-order valence-electron chi connectivity index (χ1n) is 8.11. The van der Waals surface area contributed by atoms with Crippen molar-refractivity contribution < 1.29 is 9.26 Å². The fraction of sp³-hybridized carbons (Fsp3) is 0.500. The van der Waals surface area contributed by atoms with Crippen molar-refractivity contribution in [1.82, 2.24) is 10.5 Å². The van der Waals surface area contributed by atoms with Gasteiger partial charge in [0.15, 0.2) is 0 Å². The van der Waals surface area contributed by atoms with Crippen LogP contribution in [0.15, 0.2) is 34.9 Å². The Morgan fingerprint density at radius 1 is 1.26 bits per heavy atom. The van der Waals surface area contributed by atoms with Crippen molar-refractivity contribution in [1.29, 1.82) is 0 Å². The van der Waals surface area contributed by atoms with Gasteiger partial charge in [0.05, 0.1) is 5.56 Å². The lowest BCUT2D eigenvalue weighted by Gasteiger charge is -2.21. The highest BCUT2D eigenvalue weighted by Crippen LogP contribution is 2.31. The predicted octanol–water partition coefficient (Wildman–Crippen LogP) is 3.31. The maximum atomic E-state index is 5.66. The largest absolute Gasteiger partial charge is 0.385 e. The number of anilines is 1. The number of methoxy groups -OCH3 is 1. The van der Waals surface area contributed by atoms with Gasteiger partial charge >= 0.3 is 0 Å². The fourth-order valence-electron chi connectivity index (χ4n) is 2.35. The fourth-order valence-corrected chi connectivity index (χ4v) is 2.35. The van der Waals surface area contributed by atoms with E-state index in [9.17, 15) is 0 Å². The van der Waals surface area contributed by atoms with Gasteiger partial charge in [0.25, 0.3) is 0 Å². The molecule has 0 spiro atoms. The Morgan fingerprint density at radius 3 is 2.65 bits per heavy atom. The number of nitrogens with one attached hydrogen (secondary N) is 1. The normalized spacial score (nSPS) is 11.2. The van der Waals surface area contributed by atoms with Gasteiger partial charge in [0, 0.05) is 38.9 Å². The van der Waals surface area contributed by atoms with E-state index in [1.807, 2.05) is 25.2 Å². The maximum Gasteiger partial charge on any atom is 0.232 e. The number of aromatic nitrogens is 1. The molecule has 0 aliphatic carbocycles. The molecule has 0 radical (unpaired) electrons. The van der Waals surface area contributed by atoms with E-state index in [0.717, 1.165) is 48.8 Å². The van der Waals surface area contributed by atoms with E-state index in [0.29, 0.717) is 6.04 Å². The Labute approximate surface area is 138 Å². The summed E-state index contributed by atoms with van der Waals surface area (Å²) in [5.74, 6) is 0.832. The molecule has 0 saturated heterocycles. The molecule has 2 aromatic rings. The summed E-state index contributed by atoms with van der Waals surface area (Å²) < 4.78 is 10.7. The average Bonchev–Trinajstić information content (AvgIpc) is 2.98. The topological polar surface area (TPSA) is 50.5 Å². The lowest BCUT2D eigenvalue weighted by Crippen LogP contribution is -2.27.